The summed E-state index contributed by atoms with van der Waals surface area (Å²) in [5.41, 5.74) is 0. The maximum absolute atomic E-state index is 12.0. The average Bonchev–Trinajstić information content (AvgIpc) is 3.42. The first-order valence-corrected chi connectivity index (χ1v) is 11.6. The summed E-state index contributed by atoms with van der Waals surface area (Å²) in [5, 5.41) is 6.55. The third-order valence-corrected chi connectivity index (χ3v) is 6.47. The number of nitrogens with one attached hydrogen (secondary N) is 1. The van der Waals surface area contributed by atoms with Crippen molar-refractivity contribution in [3.8, 4) is 0 Å². The summed E-state index contributed by atoms with van der Waals surface area (Å²) < 4.78 is 4.39. The first-order chi connectivity index (χ1) is 14.1. The molecule has 1 aliphatic rings. The van der Waals surface area contributed by atoms with Gasteiger partial charge in [-0.15, -0.1) is 35.3 Å². The molecule has 1 saturated heterocycles. The van der Waals surface area contributed by atoms with Gasteiger partial charge in [-0.1, -0.05) is 13.0 Å². The van der Waals surface area contributed by atoms with Crippen molar-refractivity contribution >= 4 is 63.8 Å². The molecule has 3 rings (SSSR count). The van der Waals surface area contributed by atoms with Crippen LogP contribution in [0, 0.1) is 0 Å². The van der Waals surface area contributed by atoms with Crippen LogP contribution in [0.3, 0.4) is 0 Å². The molecule has 0 atom stereocenters. The summed E-state index contributed by atoms with van der Waals surface area (Å²) >= 11 is 3.23. The highest BCUT2D eigenvalue weighted by atomic mass is 127. The minimum atomic E-state index is 0. The van der Waals surface area contributed by atoms with E-state index >= 15 is 0 Å². The number of hydrogen-bond donors (Lipinski definition) is 1. The Hall–Kier alpha value is -1.47. The Kier molecular flexibility index (Phi) is 10.2. The number of likely N-dealkylation sites (N-methyl/N-ethyl adjacent to an activating group) is 1. The van der Waals surface area contributed by atoms with E-state index in [0.717, 1.165) is 62.5 Å². The molecule has 1 N–H and O–H groups in total. The minimum absolute atomic E-state index is 0. The monoisotopic (exact) mass is 563 g/mol. The van der Waals surface area contributed by atoms with Gasteiger partial charge in [0.25, 0.3) is 0 Å². The zero-order chi connectivity index (χ0) is 20.6. The van der Waals surface area contributed by atoms with Crippen LogP contribution >= 0.6 is 46.8 Å². The Labute approximate surface area is 203 Å². The zero-order valence-corrected chi connectivity index (χ0v) is 21.7. The lowest BCUT2D eigenvalue weighted by Gasteiger charge is -2.36. The molecule has 2 aromatic heterocycles. The van der Waals surface area contributed by atoms with Crippen molar-refractivity contribution in [2.24, 2.45) is 4.99 Å². The number of thiophene rings is 1. The third kappa shape index (κ3) is 7.05. The number of rotatable bonds is 7. The molecule has 0 unspecified atom stereocenters. The number of carbonyl (C=O) groups is 1. The molecule has 1 fully saturated rings. The summed E-state index contributed by atoms with van der Waals surface area (Å²) in [7, 11) is 3.51. The van der Waals surface area contributed by atoms with E-state index in [2.05, 4.69) is 53.9 Å². The number of amides is 1. The lowest BCUT2D eigenvalue weighted by molar-refractivity contribution is -0.127. The summed E-state index contributed by atoms with van der Waals surface area (Å²) in [4.78, 5) is 28.6. The standard InChI is InChI=1S/C19H29N7OS2.HI/c1-4-16-22-19(29-23-16)26-11-9-25(10-12-26)18(21-14-17(27)24(2)3)20-8-7-15-6-5-13-28-15;/h5-6,13H,4,7-12,14H2,1-3H3,(H,20,21);1H. The van der Waals surface area contributed by atoms with E-state index in [1.54, 1.807) is 30.3 Å². The fourth-order valence-corrected chi connectivity index (χ4v) is 4.44. The highest BCUT2D eigenvalue weighted by molar-refractivity contribution is 14.0. The topological polar surface area (TPSA) is 77.0 Å². The smallest absolute Gasteiger partial charge is 0.243 e. The molecule has 0 aromatic carbocycles. The van der Waals surface area contributed by atoms with Crippen molar-refractivity contribution in [3.05, 3.63) is 28.2 Å². The average molecular weight is 564 g/mol. The van der Waals surface area contributed by atoms with Gasteiger partial charge in [-0.25, -0.2) is 9.98 Å². The van der Waals surface area contributed by atoms with Crippen LogP contribution < -0.4 is 10.2 Å². The molecular weight excluding hydrogens is 533 g/mol. The molecule has 8 nitrogen and oxygen atoms in total. The van der Waals surface area contributed by atoms with Gasteiger partial charge in [-0.05, 0) is 17.9 Å². The second-order valence-electron chi connectivity index (χ2n) is 7.00. The fraction of sp³-hybridized carbons (Fsp3) is 0.579. The van der Waals surface area contributed by atoms with Crippen LogP contribution in [0.5, 0.6) is 0 Å². The SMILES string of the molecule is CCc1nsc(N2CCN(C(=NCC(=O)N(C)C)NCCc3cccs3)CC2)n1.I. The Morgan fingerprint density at radius 3 is 2.67 bits per heavy atom. The van der Waals surface area contributed by atoms with Crippen LogP contribution in [0.2, 0.25) is 0 Å². The molecule has 0 bridgehead atoms. The van der Waals surface area contributed by atoms with Crippen molar-refractivity contribution in [2.45, 2.75) is 19.8 Å². The first kappa shape index (κ1) is 24.8. The number of aliphatic imine (C=N–C) groups is 1. The molecule has 0 radical (unpaired) electrons. The predicted octanol–water partition coefficient (Wildman–Crippen LogP) is 2.18. The number of nitrogens with zero attached hydrogens (tertiary/aromatic N) is 6. The molecule has 3 heterocycles. The van der Waals surface area contributed by atoms with Crippen LogP contribution in [-0.2, 0) is 17.6 Å². The number of aryl methyl sites for hydroxylation is 1. The van der Waals surface area contributed by atoms with Crippen LogP contribution in [-0.4, -0.2) is 84.4 Å². The molecule has 2 aromatic rings. The number of piperazine rings is 1. The molecule has 1 amide bonds. The summed E-state index contributed by atoms with van der Waals surface area (Å²) in [6, 6.07) is 4.21. The predicted molar refractivity (Wildman–Crippen MR) is 136 cm³/mol. The number of guanidine groups is 1. The van der Waals surface area contributed by atoms with Gasteiger partial charge in [0.15, 0.2) is 5.96 Å². The molecule has 30 heavy (non-hydrogen) atoms. The van der Waals surface area contributed by atoms with E-state index in [4.69, 9.17) is 0 Å². The Bertz CT molecular complexity index is 802. The number of hydrogen-bond acceptors (Lipinski definition) is 7. The van der Waals surface area contributed by atoms with E-state index in [1.165, 1.54) is 16.4 Å². The van der Waals surface area contributed by atoms with Gasteiger partial charge in [-0.2, -0.15) is 4.37 Å². The Morgan fingerprint density at radius 2 is 2.07 bits per heavy atom. The first-order valence-electron chi connectivity index (χ1n) is 9.90. The van der Waals surface area contributed by atoms with Gasteiger partial charge in [0, 0.05) is 69.6 Å². The van der Waals surface area contributed by atoms with Crippen LogP contribution in [0.15, 0.2) is 22.5 Å². The molecule has 0 spiro atoms. The van der Waals surface area contributed by atoms with Gasteiger partial charge >= 0.3 is 0 Å². The van der Waals surface area contributed by atoms with Crippen molar-refractivity contribution < 1.29 is 4.79 Å². The third-order valence-electron chi connectivity index (χ3n) is 4.72. The number of carbonyl (C=O) groups excluding carboxylic acids is 1. The summed E-state index contributed by atoms with van der Waals surface area (Å²) in [6.45, 7) is 6.43. The molecule has 11 heteroatoms. The van der Waals surface area contributed by atoms with Crippen LogP contribution in [0.4, 0.5) is 5.13 Å². The fourth-order valence-electron chi connectivity index (χ4n) is 2.93. The molecule has 166 valence electrons. The second kappa shape index (κ2) is 12.4. The largest absolute Gasteiger partial charge is 0.356 e. The molecule has 0 aliphatic carbocycles. The molecule has 0 saturated carbocycles. The van der Waals surface area contributed by atoms with Gasteiger partial charge in [0.2, 0.25) is 11.0 Å². The lowest BCUT2D eigenvalue weighted by atomic mass is 10.3. The summed E-state index contributed by atoms with van der Waals surface area (Å²) in [5.74, 6) is 1.72. The van der Waals surface area contributed by atoms with Gasteiger partial charge in [-0.3, -0.25) is 4.79 Å². The van der Waals surface area contributed by atoms with Crippen molar-refractivity contribution in [2.75, 3.05) is 58.3 Å². The van der Waals surface area contributed by atoms with Crippen molar-refractivity contribution in [1.29, 1.82) is 0 Å². The lowest BCUT2D eigenvalue weighted by Crippen LogP contribution is -2.53. The highest BCUT2D eigenvalue weighted by Crippen LogP contribution is 2.19. The van der Waals surface area contributed by atoms with Gasteiger partial charge in [0.1, 0.15) is 12.4 Å². The second-order valence-corrected chi connectivity index (χ2v) is 8.77. The molecule has 1 aliphatic heterocycles. The number of aromatic nitrogens is 2. The number of halogens is 1. The van der Waals surface area contributed by atoms with E-state index < -0.39 is 0 Å². The maximum Gasteiger partial charge on any atom is 0.243 e. The van der Waals surface area contributed by atoms with Crippen LogP contribution in [0.25, 0.3) is 0 Å². The van der Waals surface area contributed by atoms with Crippen molar-refractivity contribution in [3.63, 3.8) is 0 Å². The van der Waals surface area contributed by atoms with E-state index in [0.29, 0.717) is 0 Å². The quantitative estimate of drug-likeness (QED) is 0.316. The number of anilines is 1. The van der Waals surface area contributed by atoms with Gasteiger partial charge in [0.05, 0.1) is 0 Å². The summed E-state index contributed by atoms with van der Waals surface area (Å²) in [6.07, 6.45) is 1.81. The van der Waals surface area contributed by atoms with Crippen LogP contribution in [0.1, 0.15) is 17.6 Å². The van der Waals surface area contributed by atoms with E-state index in [9.17, 15) is 4.79 Å². The van der Waals surface area contributed by atoms with E-state index in [1.807, 2.05) is 0 Å². The maximum atomic E-state index is 12.0. The molecular formula is C19H30IN7OS2. The normalized spacial score (nSPS) is 14.4. The van der Waals surface area contributed by atoms with Gasteiger partial charge < -0.3 is 20.0 Å². The Morgan fingerprint density at radius 1 is 1.30 bits per heavy atom. The minimum Gasteiger partial charge on any atom is -0.356 e. The highest BCUT2D eigenvalue weighted by Gasteiger charge is 2.22. The Balaban J connectivity index is 0.00000320. The van der Waals surface area contributed by atoms with E-state index in [-0.39, 0.29) is 36.4 Å². The zero-order valence-electron chi connectivity index (χ0n) is 17.7. The van der Waals surface area contributed by atoms with Crippen molar-refractivity contribution in [1.82, 2.24) is 24.5 Å².